The average Bonchev–Trinajstić information content (AvgIpc) is 2.05. The Morgan fingerprint density at radius 1 is 1.80 bits per heavy atom. The summed E-state index contributed by atoms with van der Waals surface area (Å²) in [4.78, 5) is 14.4. The van der Waals surface area contributed by atoms with Crippen molar-refractivity contribution >= 4 is 5.97 Å². The van der Waals surface area contributed by atoms with Gasteiger partial charge in [0.25, 0.3) is 0 Å². The third kappa shape index (κ3) is 1.31. The minimum absolute atomic E-state index is 0.374. The Morgan fingerprint density at radius 3 is 3.10 bits per heavy atom. The normalized spacial score (nSPS) is 8.90. The molecule has 51 valence electrons. The molecule has 0 aliphatic heterocycles. The lowest BCUT2D eigenvalue weighted by Gasteiger charge is -1.94. The van der Waals surface area contributed by atoms with Crippen molar-refractivity contribution in [3.05, 3.63) is 30.1 Å². The van der Waals surface area contributed by atoms with E-state index in [-0.39, 0.29) is 5.97 Å². The van der Waals surface area contributed by atoms with Crippen LogP contribution in [0.5, 0.6) is 0 Å². The van der Waals surface area contributed by atoms with Gasteiger partial charge in [-0.1, -0.05) is 0 Å². The fourth-order valence-corrected chi connectivity index (χ4v) is 0.559. The van der Waals surface area contributed by atoms with Gasteiger partial charge < -0.3 is 4.74 Å². The summed E-state index contributed by atoms with van der Waals surface area (Å²) in [7, 11) is 1.33. The number of nitrogens with zero attached hydrogens (tertiary/aromatic N) is 1. The Balaban J connectivity index is 2.85. The number of hydrogen-bond acceptors (Lipinski definition) is 3. The topological polar surface area (TPSA) is 39.2 Å². The van der Waals surface area contributed by atoms with Gasteiger partial charge in [-0.15, -0.1) is 0 Å². The van der Waals surface area contributed by atoms with E-state index in [4.69, 9.17) is 0 Å². The first-order valence-electron chi connectivity index (χ1n) is 2.75. The van der Waals surface area contributed by atoms with Gasteiger partial charge in [0.1, 0.15) is 0 Å². The molecule has 0 unspecified atom stereocenters. The molecule has 0 saturated carbocycles. The summed E-state index contributed by atoms with van der Waals surface area (Å²) in [5, 5.41) is 0. The van der Waals surface area contributed by atoms with E-state index in [1.165, 1.54) is 13.3 Å². The van der Waals surface area contributed by atoms with Crippen LogP contribution in [0.1, 0.15) is 10.4 Å². The highest BCUT2D eigenvalue weighted by molar-refractivity contribution is 5.88. The summed E-state index contributed by atoms with van der Waals surface area (Å²) in [5.41, 5.74) is 0.446. The average molecular weight is 136 g/mol. The highest BCUT2D eigenvalue weighted by Gasteiger charge is 2.01. The predicted octanol–water partition coefficient (Wildman–Crippen LogP) is 0.668. The zero-order valence-corrected chi connectivity index (χ0v) is 5.50. The number of pyridine rings is 1. The molecule has 0 aliphatic rings. The van der Waals surface area contributed by atoms with Gasteiger partial charge in [-0.2, -0.15) is 0 Å². The largest absolute Gasteiger partial charge is 0.465 e. The quantitative estimate of drug-likeness (QED) is 0.532. The van der Waals surface area contributed by atoms with Crippen LogP contribution in [0.4, 0.5) is 0 Å². The lowest BCUT2D eigenvalue weighted by Crippen LogP contribution is -2.00. The molecular formula is C7H6NO2. The van der Waals surface area contributed by atoms with E-state index in [0.717, 1.165) is 0 Å². The number of hydrogen-bond donors (Lipinski definition) is 0. The first-order valence-corrected chi connectivity index (χ1v) is 2.75. The van der Waals surface area contributed by atoms with Gasteiger partial charge in [-0.25, -0.2) is 4.79 Å². The van der Waals surface area contributed by atoms with E-state index < -0.39 is 0 Å². The zero-order valence-electron chi connectivity index (χ0n) is 5.50. The first kappa shape index (κ1) is 6.74. The molecule has 0 aliphatic carbocycles. The minimum atomic E-state index is -0.374. The summed E-state index contributed by atoms with van der Waals surface area (Å²) in [6, 6.07) is 3.16. The van der Waals surface area contributed by atoms with Crippen LogP contribution in [0, 0.1) is 6.20 Å². The van der Waals surface area contributed by atoms with Gasteiger partial charge >= 0.3 is 5.97 Å². The number of esters is 1. The third-order valence-corrected chi connectivity index (χ3v) is 1.04. The van der Waals surface area contributed by atoms with E-state index in [2.05, 4.69) is 15.9 Å². The SMILES string of the molecule is COC(=O)c1cc[c]nc1. The molecule has 0 saturated heterocycles. The predicted molar refractivity (Wildman–Crippen MR) is 34.4 cm³/mol. The molecule has 0 aromatic carbocycles. The van der Waals surface area contributed by atoms with Crippen LogP contribution >= 0.6 is 0 Å². The minimum Gasteiger partial charge on any atom is -0.465 e. The number of aromatic nitrogens is 1. The van der Waals surface area contributed by atoms with Gasteiger partial charge in [-0.05, 0) is 12.1 Å². The van der Waals surface area contributed by atoms with Gasteiger partial charge in [0.2, 0.25) is 0 Å². The molecule has 3 nitrogen and oxygen atoms in total. The van der Waals surface area contributed by atoms with Crippen molar-refractivity contribution in [2.24, 2.45) is 0 Å². The number of ether oxygens (including phenoxy) is 1. The Bertz CT molecular complexity index is 220. The first-order chi connectivity index (χ1) is 4.84. The second-order valence-corrected chi connectivity index (χ2v) is 1.67. The molecule has 1 radical (unpaired) electrons. The van der Waals surface area contributed by atoms with E-state index in [1.807, 2.05) is 0 Å². The molecule has 1 aromatic heterocycles. The zero-order chi connectivity index (χ0) is 7.40. The summed E-state index contributed by atoms with van der Waals surface area (Å²) in [6.45, 7) is 0. The monoisotopic (exact) mass is 136 g/mol. The molecule has 10 heavy (non-hydrogen) atoms. The van der Waals surface area contributed by atoms with E-state index in [1.54, 1.807) is 12.1 Å². The molecular weight excluding hydrogens is 130 g/mol. The van der Waals surface area contributed by atoms with Gasteiger partial charge in [0, 0.05) is 6.20 Å². The van der Waals surface area contributed by atoms with Crippen LogP contribution in [0.2, 0.25) is 0 Å². The molecule has 0 amide bonds. The molecule has 1 heterocycles. The molecule has 0 bridgehead atoms. The fourth-order valence-electron chi connectivity index (χ4n) is 0.559. The van der Waals surface area contributed by atoms with Crippen molar-refractivity contribution < 1.29 is 9.53 Å². The van der Waals surface area contributed by atoms with Crippen molar-refractivity contribution in [1.82, 2.24) is 4.98 Å². The maximum absolute atomic E-state index is 10.7. The second-order valence-electron chi connectivity index (χ2n) is 1.67. The van der Waals surface area contributed by atoms with Crippen LogP contribution in [-0.2, 0) is 4.74 Å². The summed E-state index contributed by atoms with van der Waals surface area (Å²) < 4.78 is 4.44. The maximum Gasteiger partial charge on any atom is 0.339 e. The smallest absolute Gasteiger partial charge is 0.339 e. The van der Waals surface area contributed by atoms with Crippen LogP contribution in [0.3, 0.4) is 0 Å². The summed E-state index contributed by atoms with van der Waals surface area (Å²) in [5.74, 6) is -0.374. The molecule has 0 N–H and O–H groups in total. The Morgan fingerprint density at radius 2 is 2.60 bits per heavy atom. The van der Waals surface area contributed by atoms with E-state index in [0.29, 0.717) is 5.56 Å². The molecule has 0 atom stereocenters. The van der Waals surface area contributed by atoms with E-state index in [9.17, 15) is 4.79 Å². The maximum atomic E-state index is 10.7. The highest BCUT2D eigenvalue weighted by Crippen LogP contribution is 1.95. The Labute approximate surface area is 58.7 Å². The standard InChI is InChI=1S/C7H6NO2/c1-10-7(9)6-3-2-4-8-5-6/h2-3,5H,1H3. The summed E-state index contributed by atoms with van der Waals surface area (Å²) >= 11 is 0. The lowest BCUT2D eigenvalue weighted by atomic mass is 10.3. The van der Waals surface area contributed by atoms with Crippen molar-refractivity contribution in [2.45, 2.75) is 0 Å². The van der Waals surface area contributed by atoms with Crippen molar-refractivity contribution in [1.29, 1.82) is 0 Å². The van der Waals surface area contributed by atoms with Gasteiger partial charge in [0.05, 0.1) is 18.9 Å². The van der Waals surface area contributed by atoms with E-state index >= 15 is 0 Å². The van der Waals surface area contributed by atoms with Crippen molar-refractivity contribution in [2.75, 3.05) is 7.11 Å². The molecule has 0 fully saturated rings. The van der Waals surface area contributed by atoms with Crippen molar-refractivity contribution in [3.8, 4) is 0 Å². The molecule has 3 heteroatoms. The van der Waals surface area contributed by atoms with Crippen LogP contribution in [0.15, 0.2) is 18.3 Å². The van der Waals surface area contributed by atoms with Crippen LogP contribution in [0.25, 0.3) is 0 Å². The lowest BCUT2D eigenvalue weighted by molar-refractivity contribution is 0.0600. The van der Waals surface area contributed by atoms with Crippen LogP contribution < -0.4 is 0 Å². The summed E-state index contributed by atoms with van der Waals surface area (Å²) in [6.07, 6.45) is 3.96. The Hall–Kier alpha value is -1.38. The Kier molecular flexibility index (Phi) is 1.99. The van der Waals surface area contributed by atoms with Gasteiger partial charge in [0.15, 0.2) is 0 Å². The molecule has 1 aromatic rings. The number of methoxy groups -OCH3 is 1. The van der Waals surface area contributed by atoms with Gasteiger partial charge in [-0.3, -0.25) is 4.98 Å². The number of carbonyl (C=O) groups is 1. The fraction of sp³-hybridized carbons (Fsp3) is 0.143. The second kappa shape index (κ2) is 2.96. The number of carbonyl (C=O) groups excluding carboxylic acids is 1. The highest BCUT2D eigenvalue weighted by atomic mass is 16.5. The molecule has 0 spiro atoms. The third-order valence-electron chi connectivity index (χ3n) is 1.04. The number of rotatable bonds is 1. The van der Waals surface area contributed by atoms with Crippen molar-refractivity contribution in [3.63, 3.8) is 0 Å². The molecule has 1 rings (SSSR count). The van der Waals surface area contributed by atoms with Crippen LogP contribution in [-0.4, -0.2) is 18.1 Å².